The van der Waals surface area contributed by atoms with Crippen LogP contribution in [0.2, 0.25) is 0 Å². The molecule has 154 valence electrons. The molecule has 0 aliphatic carbocycles. The summed E-state index contributed by atoms with van der Waals surface area (Å²) in [4.78, 5) is 47.4. The maximum absolute atomic E-state index is 14.7. The Morgan fingerprint density at radius 1 is 1.41 bits per heavy atom. The number of amides is 2. The summed E-state index contributed by atoms with van der Waals surface area (Å²) in [7, 11) is 0. The molecule has 0 aromatic heterocycles. The van der Waals surface area contributed by atoms with Crippen LogP contribution in [0.1, 0.15) is 19.4 Å². The van der Waals surface area contributed by atoms with Crippen molar-refractivity contribution in [3.63, 3.8) is 0 Å². The van der Waals surface area contributed by atoms with Crippen molar-refractivity contribution >= 4 is 46.2 Å². The van der Waals surface area contributed by atoms with Gasteiger partial charge in [-0.15, -0.1) is 0 Å². The Kier molecular flexibility index (Phi) is 5.84. The first-order chi connectivity index (χ1) is 13.7. The molecule has 1 aromatic carbocycles. The van der Waals surface area contributed by atoms with Crippen molar-refractivity contribution < 1.29 is 33.0 Å². The number of rotatable bonds is 5. The third kappa shape index (κ3) is 4.38. The van der Waals surface area contributed by atoms with Crippen molar-refractivity contribution in [2.45, 2.75) is 31.4 Å². The minimum Gasteiger partial charge on any atom is -0.442 e. The molecule has 2 aliphatic heterocycles. The van der Waals surface area contributed by atoms with Gasteiger partial charge in [-0.05, 0) is 36.9 Å². The van der Waals surface area contributed by atoms with E-state index in [-0.39, 0.29) is 28.6 Å². The van der Waals surface area contributed by atoms with Crippen LogP contribution < -0.4 is 16.1 Å². The summed E-state index contributed by atoms with van der Waals surface area (Å²) >= 11 is 0.777. The van der Waals surface area contributed by atoms with Crippen molar-refractivity contribution in [3.8, 4) is 0 Å². The first-order valence-electron chi connectivity index (χ1n) is 8.43. The van der Waals surface area contributed by atoms with E-state index in [1.54, 1.807) is 0 Å². The molecule has 3 N–H and O–H groups in total. The van der Waals surface area contributed by atoms with Gasteiger partial charge in [0.1, 0.15) is 28.8 Å². The number of cyclic esters (lactones) is 1. The molecule has 10 nitrogen and oxygen atoms in total. The number of ketones is 1. The minimum absolute atomic E-state index is 0.00134. The number of benzene rings is 1. The normalized spacial score (nSPS) is 22.5. The van der Waals surface area contributed by atoms with E-state index in [1.165, 1.54) is 24.0 Å². The minimum atomic E-state index is -1.19. The molecule has 29 heavy (non-hydrogen) atoms. The van der Waals surface area contributed by atoms with Gasteiger partial charge in [0.2, 0.25) is 5.44 Å². The maximum Gasteiger partial charge on any atom is 0.414 e. The number of thioether (sulfide) groups is 1. The molecule has 3 atom stereocenters. The van der Waals surface area contributed by atoms with E-state index in [9.17, 15) is 23.6 Å². The SMILES string of the molecule is CC(=O)OC1SC(c2ccc(N3CC([C@H](N)C(C)=O)OC3=O)cc2F)=NNC1=O. The number of nitrogens with two attached hydrogens (primary N) is 1. The van der Waals surface area contributed by atoms with Crippen LogP contribution in [0, 0.1) is 5.82 Å². The number of hydrazone groups is 1. The number of hydrogen-bond donors (Lipinski definition) is 2. The summed E-state index contributed by atoms with van der Waals surface area (Å²) in [5, 5.41) is 3.88. The van der Waals surface area contributed by atoms with Crippen molar-refractivity contribution in [2.75, 3.05) is 11.4 Å². The summed E-state index contributed by atoms with van der Waals surface area (Å²) in [5.74, 6) is -2.36. The first-order valence-corrected chi connectivity index (χ1v) is 9.31. The fourth-order valence-corrected chi connectivity index (χ4v) is 3.62. The number of carbonyl (C=O) groups is 4. The van der Waals surface area contributed by atoms with Gasteiger partial charge in [-0.2, -0.15) is 5.10 Å². The number of carbonyl (C=O) groups excluding carboxylic acids is 4. The summed E-state index contributed by atoms with van der Waals surface area (Å²) < 4.78 is 24.7. The smallest absolute Gasteiger partial charge is 0.414 e. The number of anilines is 1. The zero-order valence-electron chi connectivity index (χ0n) is 15.4. The molecule has 1 aromatic rings. The second-order valence-corrected chi connectivity index (χ2v) is 7.34. The predicted octanol–water partition coefficient (Wildman–Crippen LogP) is 0.481. The molecule has 0 saturated carbocycles. The Morgan fingerprint density at radius 2 is 2.14 bits per heavy atom. The average molecular weight is 424 g/mol. The van der Waals surface area contributed by atoms with Crippen LogP contribution in [-0.4, -0.2) is 52.9 Å². The molecule has 2 unspecified atom stereocenters. The molecule has 3 rings (SSSR count). The van der Waals surface area contributed by atoms with E-state index in [2.05, 4.69) is 10.5 Å². The molecule has 0 radical (unpaired) electrons. The molecule has 1 saturated heterocycles. The highest BCUT2D eigenvalue weighted by Crippen LogP contribution is 2.29. The molecule has 0 bridgehead atoms. The Hall–Kier alpha value is -2.99. The van der Waals surface area contributed by atoms with E-state index in [1.807, 2.05) is 0 Å². The van der Waals surface area contributed by atoms with Crippen LogP contribution >= 0.6 is 11.8 Å². The highest BCUT2D eigenvalue weighted by molar-refractivity contribution is 8.15. The highest BCUT2D eigenvalue weighted by Gasteiger charge is 2.38. The lowest BCUT2D eigenvalue weighted by Crippen LogP contribution is -2.43. The number of halogens is 1. The molecular formula is C17H17FN4O6S. The van der Waals surface area contributed by atoms with Gasteiger partial charge in [0.25, 0.3) is 5.91 Å². The summed E-state index contributed by atoms with van der Waals surface area (Å²) in [6, 6.07) is 2.95. The third-order valence-corrected chi connectivity index (χ3v) is 5.23. The molecule has 12 heteroatoms. The number of nitrogens with one attached hydrogen (secondary N) is 1. The van der Waals surface area contributed by atoms with E-state index < -0.39 is 41.4 Å². The van der Waals surface area contributed by atoms with Gasteiger partial charge < -0.3 is 15.2 Å². The number of hydrogen-bond acceptors (Lipinski definition) is 9. The van der Waals surface area contributed by atoms with Crippen LogP contribution in [0.4, 0.5) is 14.9 Å². The van der Waals surface area contributed by atoms with Gasteiger partial charge in [-0.3, -0.25) is 19.3 Å². The van der Waals surface area contributed by atoms with Gasteiger partial charge in [-0.25, -0.2) is 14.6 Å². The Balaban J connectivity index is 1.79. The van der Waals surface area contributed by atoms with E-state index in [4.69, 9.17) is 15.2 Å². The van der Waals surface area contributed by atoms with Crippen molar-refractivity contribution in [1.29, 1.82) is 0 Å². The van der Waals surface area contributed by atoms with Gasteiger partial charge in [0.15, 0.2) is 0 Å². The number of esters is 1. The van der Waals surface area contributed by atoms with Crippen molar-refractivity contribution in [2.24, 2.45) is 10.8 Å². The third-order valence-electron chi connectivity index (χ3n) is 4.17. The fourth-order valence-electron chi connectivity index (χ4n) is 2.68. The fraction of sp³-hybridized carbons (Fsp3) is 0.353. The lowest BCUT2D eigenvalue weighted by atomic mass is 10.1. The lowest BCUT2D eigenvalue weighted by molar-refractivity contribution is -0.148. The Morgan fingerprint density at radius 3 is 2.76 bits per heavy atom. The average Bonchev–Trinajstić information content (AvgIpc) is 3.04. The molecule has 2 aliphatic rings. The summed E-state index contributed by atoms with van der Waals surface area (Å²) in [5.41, 5.74) is 6.95. The van der Waals surface area contributed by atoms with Crippen LogP contribution in [0.3, 0.4) is 0 Å². The Bertz CT molecular complexity index is 923. The Labute approximate surface area is 168 Å². The van der Waals surface area contributed by atoms with Gasteiger partial charge in [-0.1, -0.05) is 0 Å². The van der Waals surface area contributed by atoms with E-state index in [0.29, 0.717) is 0 Å². The zero-order chi connectivity index (χ0) is 21.3. The van der Waals surface area contributed by atoms with Crippen LogP contribution in [-0.2, 0) is 23.9 Å². The molecule has 2 heterocycles. The zero-order valence-corrected chi connectivity index (χ0v) is 16.2. The lowest BCUT2D eigenvalue weighted by Gasteiger charge is -2.21. The first kappa shape index (κ1) is 20.7. The van der Waals surface area contributed by atoms with Crippen LogP contribution in [0.15, 0.2) is 23.3 Å². The van der Waals surface area contributed by atoms with Crippen molar-refractivity contribution in [3.05, 3.63) is 29.6 Å². The second kappa shape index (κ2) is 8.17. The summed E-state index contributed by atoms with van der Waals surface area (Å²) in [6.45, 7) is 2.44. The molecular weight excluding hydrogens is 407 g/mol. The van der Waals surface area contributed by atoms with E-state index >= 15 is 0 Å². The van der Waals surface area contributed by atoms with Gasteiger partial charge in [0.05, 0.1) is 12.2 Å². The van der Waals surface area contributed by atoms with Gasteiger partial charge >= 0.3 is 12.1 Å². The predicted molar refractivity (Wildman–Crippen MR) is 100 cm³/mol. The topological polar surface area (TPSA) is 140 Å². The molecule has 0 spiro atoms. The quantitative estimate of drug-likeness (QED) is 0.651. The largest absolute Gasteiger partial charge is 0.442 e. The number of ether oxygens (including phenoxy) is 2. The number of Topliss-reactive ketones (excluding diaryl/α,β-unsaturated/α-hetero) is 1. The highest BCUT2D eigenvalue weighted by atomic mass is 32.2. The second-order valence-electron chi connectivity index (χ2n) is 6.29. The van der Waals surface area contributed by atoms with E-state index in [0.717, 1.165) is 24.8 Å². The van der Waals surface area contributed by atoms with Crippen molar-refractivity contribution in [1.82, 2.24) is 5.43 Å². The molecule has 2 amide bonds. The summed E-state index contributed by atoms with van der Waals surface area (Å²) in [6.07, 6.45) is -1.58. The standard InChI is InChI=1S/C17H17FN4O6S/c1-7(23)13(19)12-6-22(17(26)28-12)9-3-4-10(11(18)5-9)15-21-20-14(25)16(29-15)27-8(2)24/h3-5,12-13,16H,6,19H2,1-2H3,(H,20,25)/t12?,13-,16?/m1/s1. The molecule has 1 fully saturated rings. The monoisotopic (exact) mass is 424 g/mol. The maximum atomic E-state index is 14.7. The number of nitrogens with zero attached hydrogens (tertiary/aromatic N) is 2. The van der Waals surface area contributed by atoms with Crippen LogP contribution in [0.25, 0.3) is 0 Å². The van der Waals surface area contributed by atoms with Crippen LogP contribution in [0.5, 0.6) is 0 Å². The van der Waals surface area contributed by atoms with Gasteiger partial charge in [0, 0.05) is 12.5 Å².